The summed E-state index contributed by atoms with van der Waals surface area (Å²) in [4.78, 5) is 11.7. The number of fused-ring (bicyclic) bond motifs is 3. The second-order valence-corrected chi connectivity index (χ2v) is 7.44. The van der Waals surface area contributed by atoms with Gasteiger partial charge in [0.2, 0.25) is 0 Å². The molecule has 0 bridgehead atoms. The molecule has 3 heteroatoms. The van der Waals surface area contributed by atoms with E-state index in [1.807, 2.05) is 54.6 Å². The summed E-state index contributed by atoms with van der Waals surface area (Å²) < 4.78 is 8.01. The van der Waals surface area contributed by atoms with Crippen molar-refractivity contribution in [2.24, 2.45) is 0 Å². The number of Topliss-reactive ketones (excluding diaryl/α,β-unsaturated/α-hetero) is 1. The average molecular weight is 370 g/mol. The molecule has 0 saturated carbocycles. The first-order chi connectivity index (χ1) is 13.2. The molecule has 2 nitrogen and oxygen atoms in total. The van der Waals surface area contributed by atoms with Crippen LogP contribution in [0.2, 0.25) is 0 Å². The molecule has 27 heavy (non-hydrogen) atoms. The van der Waals surface area contributed by atoms with Gasteiger partial charge in [0.1, 0.15) is 6.61 Å². The van der Waals surface area contributed by atoms with Crippen LogP contribution < -0.4 is 0 Å². The van der Waals surface area contributed by atoms with E-state index in [0.29, 0.717) is 13.2 Å². The number of rotatable bonds is 4. The molecule has 0 aliphatic rings. The fraction of sp³-hybridized carbons (Fsp3) is 0.125. The smallest absolute Gasteiger partial charge is 0.159 e. The SMILES string of the molecule is CC(=O)c1ccc2sc3ccc(C#CCOCc4ccccc4)cc3c2c1. The summed E-state index contributed by atoms with van der Waals surface area (Å²) >= 11 is 1.74. The van der Waals surface area contributed by atoms with Gasteiger partial charge in [-0.25, -0.2) is 0 Å². The maximum atomic E-state index is 11.7. The molecule has 0 aliphatic carbocycles. The van der Waals surface area contributed by atoms with Crippen molar-refractivity contribution in [1.29, 1.82) is 0 Å². The van der Waals surface area contributed by atoms with Gasteiger partial charge in [0.05, 0.1) is 6.61 Å². The number of benzene rings is 3. The molecule has 1 aromatic heterocycles. The van der Waals surface area contributed by atoms with Crippen LogP contribution in [0.3, 0.4) is 0 Å². The van der Waals surface area contributed by atoms with Crippen molar-refractivity contribution in [2.75, 3.05) is 6.61 Å². The molecule has 0 fully saturated rings. The molecular formula is C24H18O2S. The van der Waals surface area contributed by atoms with Crippen LogP contribution in [-0.2, 0) is 11.3 Å². The topological polar surface area (TPSA) is 26.3 Å². The lowest BCUT2D eigenvalue weighted by Gasteiger charge is -1.99. The first kappa shape index (κ1) is 17.5. The van der Waals surface area contributed by atoms with Gasteiger partial charge in [-0.3, -0.25) is 4.79 Å². The van der Waals surface area contributed by atoms with Gasteiger partial charge in [-0.05, 0) is 48.9 Å². The molecule has 1 heterocycles. The second-order valence-electron chi connectivity index (χ2n) is 6.36. The summed E-state index contributed by atoms with van der Waals surface area (Å²) in [5, 5.41) is 2.27. The summed E-state index contributed by atoms with van der Waals surface area (Å²) in [5.74, 6) is 6.35. The van der Waals surface area contributed by atoms with E-state index < -0.39 is 0 Å². The Kier molecular flexibility index (Phi) is 5.02. The van der Waals surface area contributed by atoms with E-state index in [4.69, 9.17) is 4.74 Å². The molecule has 0 spiro atoms. The number of carbonyl (C=O) groups is 1. The molecule has 4 aromatic rings. The predicted molar refractivity (Wildman–Crippen MR) is 112 cm³/mol. The normalized spacial score (nSPS) is 10.7. The fourth-order valence-electron chi connectivity index (χ4n) is 3.01. The molecule has 0 amide bonds. The summed E-state index contributed by atoms with van der Waals surface area (Å²) in [6.45, 7) is 2.56. The Morgan fingerprint density at radius 2 is 1.70 bits per heavy atom. The van der Waals surface area contributed by atoms with Gasteiger partial charge < -0.3 is 4.74 Å². The Hall–Kier alpha value is -2.93. The van der Waals surface area contributed by atoms with Crippen molar-refractivity contribution in [3.05, 3.63) is 83.4 Å². The van der Waals surface area contributed by atoms with Crippen LogP contribution in [0.4, 0.5) is 0 Å². The van der Waals surface area contributed by atoms with E-state index in [2.05, 4.69) is 24.0 Å². The Balaban J connectivity index is 1.53. The molecule has 0 unspecified atom stereocenters. The molecule has 0 N–H and O–H groups in total. The van der Waals surface area contributed by atoms with Gasteiger partial charge in [-0.2, -0.15) is 0 Å². The summed E-state index contributed by atoms with van der Waals surface area (Å²) in [7, 11) is 0. The highest BCUT2D eigenvalue weighted by atomic mass is 32.1. The molecule has 3 aromatic carbocycles. The van der Waals surface area contributed by atoms with E-state index >= 15 is 0 Å². The zero-order valence-corrected chi connectivity index (χ0v) is 15.8. The Labute approximate surface area is 162 Å². The first-order valence-corrected chi connectivity index (χ1v) is 9.60. The molecular weight excluding hydrogens is 352 g/mol. The zero-order chi connectivity index (χ0) is 18.6. The van der Waals surface area contributed by atoms with Crippen LogP contribution >= 0.6 is 11.3 Å². The number of hydrogen-bond donors (Lipinski definition) is 0. The van der Waals surface area contributed by atoms with Crippen molar-refractivity contribution in [3.63, 3.8) is 0 Å². The van der Waals surface area contributed by atoms with Crippen molar-refractivity contribution < 1.29 is 9.53 Å². The Morgan fingerprint density at radius 3 is 2.48 bits per heavy atom. The number of ether oxygens (including phenoxy) is 1. The van der Waals surface area contributed by atoms with Gasteiger partial charge in [0, 0.05) is 31.3 Å². The average Bonchev–Trinajstić information content (AvgIpc) is 3.05. The minimum absolute atomic E-state index is 0.0859. The maximum absolute atomic E-state index is 11.7. The van der Waals surface area contributed by atoms with E-state index in [-0.39, 0.29) is 5.78 Å². The van der Waals surface area contributed by atoms with Gasteiger partial charge in [-0.1, -0.05) is 42.2 Å². The quantitative estimate of drug-likeness (QED) is 0.257. The van der Waals surface area contributed by atoms with Crippen molar-refractivity contribution in [3.8, 4) is 11.8 Å². The minimum atomic E-state index is 0.0859. The molecule has 0 atom stereocenters. The lowest BCUT2D eigenvalue weighted by Crippen LogP contribution is -1.92. The monoisotopic (exact) mass is 370 g/mol. The van der Waals surface area contributed by atoms with Gasteiger partial charge >= 0.3 is 0 Å². The lowest BCUT2D eigenvalue weighted by atomic mass is 10.1. The first-order valence-electron chi connectivity index (χ1n) is 8.78. The van der Waals surface area contributed by atoms with Crippen molar-refractivity contribution in [2.45, 2.75) is 13.5 Å². The molecule has 132 valence electrons. The third-order valence-corrected chi connectivity index (χ3v) is 5.55. The molecule has 0 radical (unpaired) electrons. The van der Waals surface area contributed by atoms with Crippen LogP contribution in [0, 0.1) is 11.8 Å². The van der Waals surface area contributed by atoms with E-state index in [9.17, 15) is 4.79 Å². The van der Waals surface area contributed by atoms with Crippen LogP contribution in [0.1, 0.15) is 28.4 Å². The zero-order valence-electron chi connectivity index (χ0n) is 15.0. The van der Waals surface area contributed by atoms with Crippen molar-refractivity contribution in [1.82, 2.24) is 0 Å². The van der Waals surface area contributed by atoms with Gasteiger partial charge in [-0.15, -0.1) is 11.3 Å². The lowest BCUT2D eigenvalue weighted by molar-refractivity contribution is 0.101. The van der Waals surface area contributed by atoms with Gasteiger partial charge in [0.25, 0.3) is 0 Å². The summed E-state index contributed by atoms with van der Waals surface area (Å²) in [5.41, 5.74) is 2.85. The van der Waals surface area contributed by atoms with E-state index in [0.717, 1.165) is 27.5 Å². The number of ketones is 1. The third kappa shape index (κ3) is 3.93. The second kappa shape index (κ2) is 7.75. The summed E-state index contributed by atoms with van der Waals surface area (Å²) in [6, 6.07) is 22.2. The Morgan fingerprint density at radius 1 is 0.963 bits per heavy atom. The predicted octanol–water partition coefficient (Wildman–Crippen LogP) is 5.83. The van der Waals surface area contributed by atoms with Crippen molar-refractivity contribution >= 4 is 37.3 Å². The number of hydrogen-bond acceptors (Lipinski definition) is 3. The molecule has 0 saturated heterocycles. The van der Waals surface area contributed by atoms with E-state index in [1.54, 1.807) is 18.3 Å². The Bertz CT molecular complexity index is 1180. The molecule has 0 aliphatic heterocycles. The summed E-state index contributed by atoms with van der Waals surface area (Å²) in [6.07, 6.45) is 0. The largest absolute Gasteiger partial charge is 0.364 e. The van der Waals surface area contributed by atoms with E-state index in [1.165, 1.54) is 9.40 Å². The number of thiophene rings is 1. The highest BCUT2D eigenvalue weighted by molar-refractivity contribution is 7.25. The maximum Gasteiger partial charge on any atom is 0.159 e. The third-order valence-electron chi connectivity index (χ3n) is 4.39. The van der Waals surface area contributed by atoms with Crippen LogP contribution in [0.5, 0.6) is 0 Å². The highest BCUT2D eigenvalue weighted by Gasteiger charge is 2.08. The van der Waals surface area contributed by atoms with Gasteiger partial charge in [0.15, 0.2) is 5.78 Å². The van der Waals surface area contributed by atoms with Crippen LogP contribution in [0.15, 0.2) is 66.7 Å². The van der Waals surface area contributed by atoms with Crippen LogP contribution in [-0.4, -0.2) is 12.4 Å². The minimum Gasteiger partial charge on any atom is -0.364 e. The number of carbonyl (C=O) groups excluding carboxylic acids is 1. The molecule has 4 rings (SSSR count). The highest BCUT2D eigenvalue weighted by Crippen LogP contribution is 2.34. The fourth-order valence-corrected chi connectivity index (χ4v) is 4.07. The standard InChI is InChI=1S/C24H18O2S/c1-17(25)20-10-12-24-22(15-20)21-14-18(9-11-23(21)27-24)8-5-13-26-16-19-6-3-2-4-7-19/h2-4,6-7,9-12,14-15H,13,16H2,1H3. The van der Waals surface area contributed by atoms with Crippen LogP contribution in [0.25, 0.3) is 20.2 Å².